The van der Waals surface area contributed by atoms with Crippen LogP contribution in [0.2, 0.25) is 0 Å². The number of aliphatic hydroxyl groups excluding tert-OH is 1. The van der Waals surface area contributed by atoms with Gasteiger partial charge in [0, 0.05) is 17.9 Å². The zero-order valence-electron chi connectivity index (χ0n) is 9.96. The number of aliphatic hydroxyl groups is 1. The Hall–Kier alpha value is -1.00. The Kier molecular flexibility index (Phi) is 6.74. The summed E-state index contributed by atoms with van der Waals surface area (Å²) in [5.74, 6) is 0.598. The molecule has 0 aliphatic rings. The molecule has 1 rings (SSSR count). The molecular weight excluding hydrogens is 236 g/mol. The van der Waals surface area contributed by atoms with E-state index in [0.29, 0.717) is 13.0 Å². The zero-order valence-corrected chi connectivity index (χ0v) is 10.8. The highest BCUT2D eigenvalue weighted by Gasteiger charge is 2.08. The molecule has 0 saturated carbocycles. The summed E-state index contributed by atoms with van der Waals surface area (Å²) in [5.41, 5.74) is 1.24. The fourth-order valence-corrected chi connectivity index (χ4v) is 2.34. The van der Waals surface area contributed by atoms with Gasteiger partial charge in [0.25, 0.3) is 0 Å². The van der Waals surface area contributed by atoms with Gasteiger partial charge in [0.2, 0.25) is 0 Å². The molecule has 3 nitrogen and oxygen atoms in total. The van der Waals surface area contributed by atoms with Crippen molar-refractivity contribution in [1.29, 1.82) is 0 Å². The van der Waals surface area contributed by atoms with E-state index in [9.17, 15) is 9.90 Å². The molecule has 17 heavy (non-hydrogen) atoms. The molecule has 0 bridgehead atoms. The van der Waals surface area contributed by atoms with Crippen LogP contribution in [0, 0.1) is 0 Å². The summed E-state index contributed by atoms with van der Waals surface area (Å²) in [6.07, 6.45) is 0.688. The molecule has 0 aliphatic heterocycles. The third kappa shape index (κ3) is 6.34. The largest absolute Gasteiger partial charge is 0.466 e. The summed E-state index contributed by atoms with van der Waals surface area (Å²) >= 11 is 1.68. The molecule has 0 spiro atoms. The van der Waals surface area contributed by atoms with Crippen LogP contribution in [0.4, 0.5) is 0 Å². The second-order valence-corrected chi connectivity index (χ2v) is 5.02. The minimum Gasteiger partial charge on any atom is -0.466 e. The first-order chi connectivity index (χ1) is 8.22. The number of carbonyl (C=O) groups is 1. The standard InChI is InChI=1S/C13H18O3S/c1-11(15)16-8-7-13(9-14)17-10-12-5-3-2-4-6-12/h2-6,13-14H,7-10H2,1H3. The number of thioether (sulfide) groups is 1. The lowest BCUT2D eigenvalue weighted by Gasteiger charge is -2.13. The maximum atomic E-state index is 10.6. The minimum atomic E-state index is -0.269. The van der Waals surface area contributed by atoms with Gasteiger partial charge in [-0.2, -0.15) is 11.8 Å². The van der Waals surface area contributed by atoms with Crippen molar-refractivity contribution in [2.24, 2.45) is 0 Å². The van der Waals surface area contributed by atoms with Gasteiger partial charge < -0.3 is 9.84 Å². The first-order valence-corrected chi connectivity index (χ1v) is 6.67. The maximum absolute atomic E-state index is 10.6. The van der Waals surface area contributed by atoms with Crippen molar-refractivity contribution in [3.8, 4) is 0 Å². The number of benzene rings is 1. The normalized spacial score (nSPS) is 12.1. The summed E-state index contributed by atoms with van der Waals surface area (Å²) in [6.45, 7) is 1.88. The summed E-state index contributed by atoms with van der Waals surface area (Å²) < 4.78 is 4.86. The number of carbonyl (C=O) groups excluding carboxylic acids is 1. The molecule has 4 heteroatoms. The minimum absolute atomic E-state index is 0.110. The van der Waals surface area contributed by atoms with E-state index >= 15 is 0 Å². The molecule has 94 valence electrons. The Morgan fingerprint density at radius 3 is 2.71 bits per heavy atom. The molecule has 0 radical (unpaired) electrons. The van der Waals surface area contributed by atoms with Gasteiger partial charge in [0.1, 0.15) is 0 Å². The lowest BCUT2D eigenvalue weighted by Crippen LogP contribution is -2.13. The molecule has 0 saturated heterocycles. The summed E-state index contributed by atoms with van der Waals surface area (Å²) in [7, 11) is 0. The average molecular weight is 254 g/mol. The molecule has 0 aromatic heterocycles. The average Bonchev–Trinajstić information content (AvgIpc) is 2.34. The van der Waals surface area contributed by atoms with Crippen LogP contribution in [0.1, 0.15) is 18.9 Å². The Morgan fingerprint density at radius 2 is 2.12 bits per heavy atom. The van der Waals surface area contributed by atoms with E-state index in [-0.39, 0.29) is 17.8 Å². The number of hydrogen-bond donors (Lipinski definition) is 1. The number of ether oxygens (including phenoxy) is 1. The zero-order chi connectivity index (χ0) is 12.5. The second-order valence-electron chi connectivity index (χ2n) is 3.73. The summed E-state index contributed by atoms with van der Waals surface area (Å²) in [6, 6.07) is 10.1. The van der Waals surface area contributed by atoms with Crippen LogP contribution < -0.4 is 0 Å². The lowest BCUT2D eigenvalue weighted by molar-refractivity contribution is -0.141. The molecule has 0 fully saturated rings. The highest BCUT2D eigenvalue weighted by molar-refractivity contribution is 7.99. The van der Waals surface area contributed by atoms with E-state index in [2.05, 4.69) is 12.1 Å². The molecule has 1 atom stereocenters. The second kappa shape index (κ2) is 8.14. The van der Waals surface area contributed by atoms with Gasteiger partial charge in [-0.3, -0.25) is 4.79 Å². The van der Waals surface area contributed by atoms with Gasteiger partial charge in [0.15, 0.2) is 0 Å². The molecule has 1 N–H and O–H groups in total. The number of esters is 1. The van der Waals surface area contributed by atoms with Crippen molar-refractivity contribution < 1.29 is 14.6 Å². The SMILES string of the molecule is CC(=O)OCCC(CO)SCc1ccccc1. The Bertz CT molecular complexity index is 327. The van der Waals surface area contributed by atoms with Crippen LogP contribution in [-0.4, -0.2) is 29.5 Å². The van der Waals surface area contributed by atoms with Gasteiger partial charge >= 0.3 is 5.97 Å². The number of rotatable bonds is 7. The van der Waals surface area contributed by atoms with E-state index in [1.165, 1.54) is 12.5 Å². The monoisotopic (exact) mass is 254 g/mol. The molecule has 0 aliphatic carbocycles. The fourth-order valence-electron chi connectivity index (χ4n) is 1.35. The van der Waals surface area contributed by atoms with Crippen LogP contribution >= 0.6 is 11.8 Å². The molecule has 1 aromatic rings. The lowest BCUT2D eigenvalue weighted by atomic mass is 10.2. The smallest absolute Gasteiger partial charge is 0.302 e. The highest BCUT2D eigenvalue weighted by Crippen LogP contribution is 2.19. The van der Waals surface area contributed by atoms with Crippen LogP contribution in [-0.2, 0) is 15.3 Å². The predicted molar refractivity (Wildman–Crippen MR) is 69.9 cm³/mol. The van der Waals surface area contributed by atoms with Gasteiger partial charge in [-0.25, -0.2) is 0 Å². The van der Waals surface area contributed by atoms with Gasteiger partial charge in [-0.15, -0.1) is 0 Å². The maximum Gasteiger partial charge on any atom is 0.302 e. The van der Waals surface area contributed by atoms with E-state index in [1.807, 2.05) is 18.2 Å². The van der Waals surface area contributed by atoms with E-state index < -0.39 is 0 Å². The van der Waals surface area contributed by atoms with Gasteiger partial charge in [-0.1, -0.05) is 30.3 Å². The quantitative estimate of drug-likeness (QED) is 0.758. The summed E-state index contributed by atoms with van der Waals surface area (Å²) in [4.78, 5) is 10.6. The first kappa shape index (κ1) is 14.1. The third-order valence-electron chi connectivity index (χ3n) is 2.28. The van der Waals surface area contributed by atoms with Crippen molar-refractivity contribution in [2.45, 2.75) is 24.3 Å². The predicted octanol–water partition coefficient (Wildman–Crippen LogP) is 2.23. The van der Waals surface area contributed by atoms with Crippen LogP contribution in [0.3, 0.4) is 0 Å². The summed E-state index contributed by atoms with van der Waals surface area (Å²) in [5, 5.41) is 9.33. The molecule has 1 unspecified atom stereocenters. The van der Waals surface area contributed by atoms with Crippen molar-refractivity contribution in [1.82, 2.24) is 0 Å². The van der Waals surface area contributed by atoms with Crippen LogP contribution in [0.15, 0.2) is 30.3 Å². The van der Waals surface area contributed by atoms with Gasteiger partial charge in [-0.05, 0) is 12.0 Å². The van der Waals surface area contributed by atoms with Crippen molar-refractivity contribution in [3.63, 3.8) is 0 Å². The van der Waals surface area contributed by atoms with E-state index in [0.717, 1.165) is 5.75 Å². The third-order valence-corrected chi connectivity index (χ3v) is 3.63. The fraction of sp³-hybridized carbons (Fsp3) is 0.462. The molecular formula is C13H18O3S. The van der Waals surface area contributed by atoms with Crippen molar-refractivity contribution in [3.05, 3.63) is 35.9 Å². The topological polar surface area (TPSA) is 46.5 Å². The Balaban J connectivity index is 2.25. The molecule has 0 amide bonds. The van der Waals surface area contributed by atoms with Crippen LogP contribution in [0.25, 0.3) is 0 Å². The molecule has 0 heterocycles. The van der Waals surface area contributed by atoms with Gasteiger partial charge in [0.05, 0.1) is 13.2 Å². The van der Waals surface area contributed by atoms with Crippen molar-refractivity contribution >= 4 is 17.7 Å². The molecule has 1 aromatic carbocycles. The highest BCUT2D eigenvalue weighted by atomic mass is 32.2. The van der Waals surface area contributed by atoms with Crippen LogP contribution in [0.5, 0.6) is 0 Å². The van der Waals surface area contributed by atoms with E-state index in [1.54, 1.807) is 11.8 Å². The Labute approximate surface area is 106 Å². The number of hydrogen-bond acceptors (Lipinski definition) is 4. The Morgan fingerprint density at radius 1 is 1.41 bits per heavy atom. The first-order valence-electron chi connectivity index (χ1n) is 5.62. The van der Waals surface area contributed by atoms with E-state index in [4.69, 9.17) is 4.74 Å². The van der Waals surface area contributed by atoms with Crippen molar-refractivity contribution in [2.75, 3.05) is 13.2 Å².